The van der Waals surface area contributed by atoms with Crippen LogP contribution in [0.3, 0.4) is 0 Å². The molecule has 4 rings (SSSR count). The van der Waals surface area contributed by atoms with Crippen LogP contribution in [0.15, 0.2) is 60.8 Å². The van der Waals surface area contributed by atoms with Crippen LogP contribution in [-0.4, -0.2) is 33.6 Å². The second kappa shape index (κ2) is 6.73. The summed E-state index contributed by atoms with van der Waals surface area (Å²) < 4.78 is 2.23. The van der Waals surface area contributed by atoms with E-state index in [1.807, 2.05) is 18.2 Å². The number of para-hydroxylation sites is 2. The molecule has 25 heavy (non-hydrogen) atoms. The van der Waals surface area contributed by atoms with Gasteiger partial charge in [0.25, 0.3) is 0 Å². The first-order valence-corrected chi connectivity index (χ1v) is 8.82. The first-order valence-electron chi connectivity index (χ1n) is 8.82. The lowest BCUT2D eigenvalue weighted by molar-refractivity contribution is -0.143. The van der Waals surface area contributed by atoms with Crippen molar-refractivity contribution in [1.29, 1.82) is 0 Å². The lowest BCUT2D eigenvalue weighted by Crippen LogP contribution is -2.38. The number of nitrogens with zero attached hydrogens (tertiary/aromatic N) is 2. The summed E-state index contributed by atoms with van der Waals surface area (Å²) in [4.78, 5) is 13.6. The Kier molecular flexibility index (Phi) is 4.28. The molecular formula is C21H22N2O2. The number of carboxylic acids is 1. The summed E-state index contributed by atoms with van der Waals surface area (Å²) in [6.07, 6.45) is 3.94. The fourth-order valence-electron chi connectivity index (χ4n) is 3.82. The fraction of sp³-hybridized carbons (Fsp3) is 0.286. The van der Waals surface area contributed by atoms with Crippen molar-refractivity contribution in [3.05, 3.63) is 66.4 Å². The van der Waals surface area contributed by atoms with Crippen molar-refractivity contribution in [2.75, 3.05) is 13.1 Å². The van der Waals surface area contributed by atoms with Gasteiger partial charge in [0.2, 0.25) is 0 Å². The average molecular weight is 334 g/mol. The maximum absolute atomic E-state index is 11.3. The van der Waals surface area contributed by atoms with E-state index in [0.29, 0.717) is 6.54 Å². The molecule has 1 aliphatic heterocycles. The molecular weight excluding hydrogens is 312 g/mol. The Balaban J connectivity index is 1.67. The van der Waals surface area contributed by atoms with Crippen molar-refractivity contribution < 1.29 is 9.90 Å². The number of hydrogen-bond donors (Lipinski definition) is 1. The van der Waals surface area contributed by atoms with Gasteiger partial charge < -0.3 is 9.67 Å². The van der Waals surface area contributed by atoms with Crippen molar-refractivity contribution in [2.24, 2.45) is 5.92 Å². The van der Waals surface area contributed by atoms with E-state index in [0.717, 1.165) is 31.6 Å². The molecule has 3 aromatic rings. The Morgan fingerprint density at radius 3 is 2.64 bits per heavy atom. The molecule has 1 fully saturated rings. The topological polar surface area (TPSA) is 45.5 Å². The molecule has 2 heterocycles. The SMILES string of the molecule is O=C(O)C1CCCN(Cc2cn(-c3ccccc3)c3ccccc23)C1. The van der Waals surface area contributed by atoms with Gasteiger partial charge in [-0.25, -0.2) is 0 Å². The predicted octanol–water partition coefficient (Wildman–Crippen LogP) is 3.93. The summed E-state index contributed by atoms with van der Waals surface area (Å²) in [6, 6.07) is 18.8. The predicted molar refractivity (Wildman–Crippen MR) is 98.9 cm³/mol. The highest BCUT2D eigenvalue weighted by Crippen LogP contribution is 2.27. The molecule has 0 amide bonds. The van der Waals surface area contributed by atoms with Crippen molar-refractivity contribution in [2.45, 2.75) is 19.4 Å². The molecule has 0 saturated carbocycles. The lowest BCUT2D eigenvalue weighted by atomic mass is 9.98. The zero-order chi connectivity index (χ0) is 17.2. The maximum Gasteiger partial charge on any atom is 0.307 e. The van der Waals surface area contributed by atoms with Crippen LogP contribution >= 0.6 is 0 Å². The van der Waals surface area contributed by atoms with Gasteiger partial charge in [-0.1, -0.05) is 36.4 Å². The minimum absolute atomic E-state index is 0.240. The number of aromatic nitrogens is 1. The maximum atomic E-state index is 11.3. The fourth-order valence-corrected chi connectivity index (χ4v) is 3.82. The van der Waals surface area contributed by atoms with Crippen molar-refractivity contribution in [3.8, 4) is 5.69 Å². The highest BCUT2D eigenvalue weighted by Gasteiger charge is 2.26. The minimum Gasteiger partial charge on any atom is -0.481 e. The number of fused-ring (bicyclic) bond motifs is 1. The highest BCUT2D eigenvalue weighted by atomic mass is 16.4. The van der Waals surface area contributed by atoms with Gasteiger partial charge in [-0.2, -0.15) is 0 Å². The van der Waals surface area contributed by atoms with Crippen LogP contribution in [0.2, 0.25) is 0 Å². The quantitative estimate of drug-likeness (QED) is 0.786. The molecule has 1 aromatic heterocycles. The number of carboxylic acid groups (broad SMARTS) is 1. The van der Waals surface area contributed by atoms with Gasteiger partial charge in [0.1, 0.15) is 0 Å². The minimum atomic E-state index is -0.670. The summed E-state index contributed by atoms with van der Waals surface area (Å²) >= 11 is 0. The summed E-state index contributed by atoms with van der Waals surface area (Å²) in [5, 5.41) is 10.6. The van der Waals surface area contributed by atoms with E-state index >= 15 is 0 Å². The molecule has 1 N–H and O–H groups in total. The molecule has 128 valence electrons. The highest BCUT2D eigenvalue weighted by molar-refractivity contribution is 5.85. The Morgan fingerprint density at radius 2 is 1.84 bits per heavy atom. The van der Waals surface area contributed by atoms with Crippen molar-refractivity contribution in [3.63, 3.8) is 0 Å². The molecule has 0 aliphatic carbocycles. The number of aliphatic carboxylic acids is 1. The first kappa shape index (κ1) is 15.9. The van der Waals surface area contributed by atoms with E-state index in [1.165, 1.54) is 16.5 Å². The van der Waals surface area contributed by atoms with E-state index in [-0.39, 0.29) is 5.92 Å². The van der Waals surface area contributed by atoms with E-state index in [1.54, 1.807) is 0 Å². The Bertz CT molecular complexity index is 885. The lowest BCUT2D eigenvalue weighted by Gasteiger charge is -2.30. The molecule has 0 radical (unpaired) electrons. The van der Waals surface area contributed by atoms with Gasteiger partial charge in [0.05, 0.1) is 11.4 Å². The van der Waals surface area contributed by atoms with E-state index in [9.17, 15) is 9.90 Å². The third-order valence-corrected chi connectivity index (χ3v) is 5.08. The second-order valence-corrected chi connectivity index (χ2v) is 6.79. The zero-order valence-electron chi connectivity index (χ0n) is 14.1. The Labute approximate surface area is 147 Å². The van der Waals surface area contributed by atoms with Gasteiger partial charge in [0.15, 0.2) is 0 Å². The molecule has 4 nitrogen and oxygen atoms in total. The monoisotopic (exact) mass is 334 g/mol. The number of benzene rings is 2. The number of carbonyl (C=O) groups is 1. The third-order valence-electron chi connectivity index (χ3n) is 5.08. The summed E-state index contributed by atoms with van der Waals surface area (Å²) in [5.41, 5.74) is 3.59. The normalized spacial score (nSPS) is 18.5. The molecule has 0 spiro atoms. The number of rotatable bonds is 4. The average Bonchev–Trinajstić information content (AvgIpc) is 3.01. The van der Waals surface area contributed by atoms with Gasteiger partial charge >= 0.3 is 5.97 Å². The van der Waals surface area contributed by atoms with E-state index in [4.69, 9.17) is 0 Å². The summed E-state index contributed by atoms with van der Waals surface area (Å²) in [5.74, 6) is -0.910. The van der Waals surface area contributed by atoms with Crippen LogP contribution in [0.1, 0.15) is 18.4 Å². The number of hydrogen-bond acceptors (Lipinski definition) is 2. The van der Waals surface area contributed by atoms with Crippen LogP contribution in [0, 0.1) is 5.92 Å². The molecule has 2 aromatic carbocycles. The zero-order valence-corrected chi connectivity index (χ0v) is 14.1. The first-order chi connectivity index (χ1) is 12.2. The van der Waals surface area contributed by atoms with Crippen LogP contribution in [0.4, 0.5) is 0 Å². The Hall–Kier alpha value is -2.59. The smallest absolute Gasteiger partial charge is 0.307 e. The number of likely N-dealkylation sites (tertiary alicyclic amines) is 1. The van der Waals surface area contributed by atoms with E-state index < -0.39 is 5.97 Å². The standard InChI is InChI=1S/C21H22N2O2/c24-21(25)16-7-6-12-22(13-16)14-17-15-23(18-8-2-1-3-9-18)20-11-5-4-10-19(17)20/h1-5,8-11,15-16H,6-7,12-14H2,(H,24,25). The second-order valence-electron chi connectivity index (χ2n) is 6.79. The largest absolute Gasteiger partial charge is 0.481 e. The molecule has 0 bridgehead atoms. The van der Waals surface area contributed by atoms with Crippen LogP contribution in [0.25, 0.3) is 16.6 Å². The Morgan fingerprint density at radius 1 is 1.08 bits per heavy atom. The molecule has 1 unspecified atom stereocenters. The van der Waals surface area contributed by atoms with Gasteiger partial charge in [-0.3, -0.25) is 9.69 Å². The molecule has 1 saturated heterocycles. The van der Waals surface area contributed by atoms with Crippen molar-refractivity contribution >= 4 is 16.9 Å². The molecule has 1 aliphatic rings. The van der Waals surface area contributed by atoms with Gasteiger partial charge in [-0.05, 0) is 43.1 Å². The van der Waals surface area contributed by atoms with Gasteiger partial charge in [0, 0.05) is 30.4 Å². The van der Waals surface area contributed by atoms with Gasteiger partial charge in [-0.15, -0.1) is 0 Å². The number of piperidine rings is 1. The summed E-state index contributed by atoms with van der Waals surface area (Å²) in [7, 11) is 0. The molecule has 1 atom stereocenters. The third kappa shape index (κ3) is 3.17. The van der Waals surface area contributed by atoms with Crippen LogP contribution in [0.5, 0.6) is 0 Å². The van der Waals surface area contributed by atoms with Crippen molar-refractivity contribution in [1.82, 2.24) is 9.47 Å². The van der Waals surface area contributed by atoms with Crippen LogP contribution in [-0.2, 0) is 11.3 Å². The van der Waals surface area contributed by atoms with Crippen LogP contribution < -0.4 is 0 Å². The summed E-state index contributed by atoms with van der Waals surface area (Å²) in [6.45, 7) is 2.40. The van der Waals surface area contributed by atoms with E-state index in [2.05, 4.69) is 52.1 Å². The molecule has 4 heteroatoms.